The third-order valence-corrected chi connectivity index (χ3v) is 3.65. The molecule has 0 spiro atoms. The Balaban J connectivity index is 1.59. The van der Waals surface area contributed by atoms with Crippen LogP contribution in [0.5, 0.6) is 5.75 Å². The number of carbonyl (C=O) groups is 1. The SMILES string of the molecule is CC(C)(Oc1ccc(F)cc1)C(=O)OCc1cc(-c2ccccc2)on1. The quantitative estimate of drug-likeness (QED) is 0.614. The van der Waals surface area contributed by atoms with Gasteiger partial charge in [-0.2, -0.15) is 0 Å². The van der Waals surface area contributed by atoms with Crippen molar-refractivity contribution >= 4 is 5.97 Å². The number of nitrogens with zero attached hydrogens (tertiary/aromatic N) is 1. The first-order chi connectivity index (χ1) is 12.4. The van der Waals surface area contributed by atoms with Crippen LogP contribution in [0.15, 0.2) is 65.2 Å². The standard InChI is InChI=1S/C20H18FNO4/c1-20(2,25-17-10-8-15(21)9-11-17)19(23)24-13-16-12-18(26-22-16)14-6-4-3-5-7-14/h3-12H,13H2,1-2H3. The fourth-order valence-electron chi connectivity index (χ4n) is 2.27. The molecule has 0 atom stereocenters. The smallest absolute Gasteiger partial charge is 0.350 e. The zero-order valence-electron chi connectivity index (χ0n) is 14.4. The highest BCUT2D eigenvalue weighted by atomic mass is 19.1. The van der Waals surface area contributed by atoms with E-state index in [4.69, 9.17) is 14.0 Å². The van der Waals surface area contributed by atoms with Gasteiger partial charge in [0.2, 0.25) is 0 Å². The van der Waals surface area contributed by atoms with Gasteiger partial charge in [-0.1, -0.05) is 35.5 Å². The molecule has 0 saturated heterocycles. The average Bonchev–Trinajstić information content (AvgIpc) is 3.11. The lowest BCUT2D eigenvalue weighted by Gasteiger charge is -2.24. The Labute approximate surface area is 150 Å². The summed E-state index contributed by atoms with van der Waals surface area (Å²) in [5.41, 5.74) is 0.149. The van der Waals surface area contributed by atoms with Crippen LogP contribution in [-0.4, -0.2) is 16.7 Å². The highest BCUT2D eigenvalue weighted by Crippen LogP contribution is 2.22. The molecular weight excluding hydrogens is 337 g/mol. The van der Waals surface area contributed by atoms with Crippen molar-refractivity contribution in [2.24, 2.45) is 0 Å². The Morgan fingerprint density at radius 3 is 2.50 bits per heavy atom. The summed E-state index contributed by atoms with van der Waals surface area (Å²) in [4.78, 5) is 12.3. The number of rotatable bonds is 6. The molecule has 0 amide bonds. The van der Waals surface area contributed by atoms with E-state index >= 15 is 0 Å². The first-order valence-electron chi connectivity index (χ1n) is 8.07. The summed E-state index contributed by atoms with van der Waals surface area (Å²) in [6.07, 6.45) is 0. The lowest BCUT2D eigenvalue weighted by Crippen LogP contribution is -2.39. The van der Waals surface area contributed by atoms with Gasteiger partial charge >= 0.3 is 5.97 Å². The van der Waals surface area contributed by atoms with Crippen LogP contribution in [0.25, 0.3) is 11.3 Å². The molecule has 3 aromatic rings. The lowest BCUT2D eigenvalue weighted by atomic mass is 10.1. The van der Waals surface area contributed by atoms with Crippen LogP contribution >= 0.6 is 0 Å². The fraction of sp³-hybridized carbons (Fsp3) is 0.200. The number of carbonyl (C=O) groups excluding carboxylic acids is 1. The van der Waals surface area contributed by atoms with Crippen LogP contribution in [0.3, 0.4) is 0 Å². The fourth-order valence-corrected chi connectivity index (χ4v) is 2.27. The molecule has 0 aliphatic rings. The van der Waals surface area contributed by atoms with Crippen molar-refractivity contribution in [1.29, 1.82) is 0 Å². The van der Waals surface area contributed by atoms with Crippen LogP contribution in [0.2, 0.25) is 0 Å². The Bertz CT molecular complexity index is 872. The number of ether oxygens (including phenoxy) is 2. The predicted octanol–water partition coefficient (Wildman–Crippen LogP) is 4.38. The van der Waals surface area contributed by atoms with Gasteiger partial charge in [0, 0.05) is 11.6 Å². The average molecular weight is 355 g/mol. The first kappa shape index (κ1) is 17.7. The zero-order valence-corrected chi connectivity index (χ0v) is 14.4. The summed E-state index contributed by atoms with van der Waals surface area (Å²) in [5.74, 6) is 0.0312. The van der Waals surface area contributed by atoms with Gasteiger partial charge in [0.25, 0.3) is 0 Å². The summed E-state index contributed by atoms with van der Waals surface area (Å²) < 4.78 is 29.1. The van der Waals surface area contributed by atoms with Gasteiger partial charge in [-0.05, 0) is 38.1 Å². The maximum Gasteiger partial charge on any atom is 0.350 e. The van der Waals surface area contributed by atoms with Crippen LogP contribution in [0.4, 0.5) is 4.39 Å². The van der Waals surface area contributed by atoms with Crippen molar-refractivity contribution in [3.8, 4) is 17.1 Å². The summed E-state index contributed by atoms with van der Waals surface area (Å²) in [7, 11) is 0. The molecule has 0 aliphatic carbocycles. The minimum absolute atomic E-state index is 0.0363. The maximum atomic E-state index is 12.9. The van der Waals surface area contributed by atoms with E-state index in [1.54, 1.807) is 19.9 Å². The highest BCUT2D eigenvalue weighted by molar-refractivity contribution is 5.79. The van der Waals surface area contributed by atoms with Gasteiger partial charge in [0.1, 0.15) is 23.9 Å². The molecule has 0 bridgehead atoms. The summed E-state index contributed by atoms with van der Waals surface area (Å²) in [5, 5.41) is 3.91. The molecule has 5 nitrogen and oxygen atoms in total. The monoisotopic (exact) mass is 355 g/mol. The van der Waals surface area contributed by atoms with Crippen molar-refractivity contribution < 1.29 is 23.2 Å². The van der Waals surface area contributed by atoms with E-state index in [0.29, 0.717) is 17.2 Å². The lowest BCUT2D eigenvalue weighted by molar-refractivity contribution is -0.160. The normalized spacial score (nSPS) is 11.2. The molecule has 0 N–H and O–H groups in total. The second-order valence-corrected chi connectivity index (χ2v) is 6.19. The van der Waals surface area contributed by atoms with E-state index in [-0.39, 0.29) is 12.4 Å². The first-order valence-corrected chi connectivity index (χ1v) is 8.07. The third kappa shape index (κ3) is 4.27. The summed E-state index contributed by atoms with van der Waals surface area (Å²) >= 11 is 0. The van der Waals surface area contributed by atoms with Gasteiger partial charge in [-0.15, -0.1) is 0 Å². The number of benzene rings is 2. The molecule has 134 valence electrons. The van der Waals surface area contributed by atoms with E-state index in [2.05, 4.69) is 5.16 Å². The minimum Gasteiger partial charge on any atom is -0.476 e. The van der Waals surface area contributed by atoms with Crippen molar-refractivity contribution in [1.82, 2.24) is 5.16 Å². The van der Waals surface area contributed by atoms with E-state index < -0.39 is 11.6 Å². The maximum absolute atomic E-state index is 12.9. The molecule has 2 aromatic carbocycles. The molecule has 1 aromatic heterocycles. The van der Waals surface area contributed by atoms with Crippen LogP contribution in [0.1, 0.15) is 19.5 Å². The third-order valence-electron chi connectivity index (χ3n) is 3.65. The van der Waals surface area contributed by atoms with Crippen molar-refractivity contribution in [3.05, 3.63) is 72.2 Å². The van der Waals surface area contributed by atoms with E-state index in [1.807, 2.05) is 30.3 Å². The Hall–Kier alpha value is -3.15. The zero-order chi connectivity index (χ0) is 18.6. The number of hydrogen-bond acceptors (Lipinski definition) is 5. The summed E-state index contributed by atoms with van der Waals surface area (Å²) in [6.45, 7) is 3.12. The van der Waals surface area contributed by atoms with Crippen LogP contribution in [-0.2, 0) is 16.1 Å². The summed E-state index contributed by atoms with van der Waals surface area (Å²) in [6, 6.07) is 16.6. The Morgan fingerprint density at radius 1 is 1.12 bits per heavy atom. The van der Waals surface area contributed by atoms with E-state index in [0.717, 1.165) is 5.56 Å². The molecule has 1 heterocycles. The molecule has 0 unspecified atom stereocenters. The molecule has 0 saturated carbocycles. The molecule has 26 heavy (non-hydrogen) atoms. The van der Waals surface area contributed by atoms with Crippen molar-refractivity contribution in [2.75, 3.05) is 0 Å². The molecule has 0 radical (unpaired) electrons. The second-order valence-electron chi connectivity index (χ2n) is 6.19. The molecule has 3 rings (SSSR count). The minimum atomic E-state index is -1.23. The van der Waals surface area contributed by atoms with Crippen LogP contribution in [0, 0.1) is 5.82 Å². The van der Waals surface area contributed by atoms with Gasteiger partial charge in [-0.25, -0.2) is 9.18 Å². The van der Waals surface area contributed by atoms with E-state index in [9.17, 15) is 9.18 Å². The molecule has 6 heteroatoms. The predicted molar refractivity (Wildman–Crippen MR) is 92.8 cm³/mol. The van der Waals surface area contributed by atoms with E-state index in [1.165, 1.54) is 24.3 Å². The highest BCUT2D eigenvalue weighted by Gasteiger charge is 2.32. The topological polar surface area (TPSA) is 61.6 Å². The largest absolute Gasteiger partial charge is 0.476 e. The molecular formula is C20H18FNO4. The van der Waals surface area contributed by atoms with Crippen LogP contribution < -0.4 is 4.74 Å². The molecule has 0 aliphatic heterocycles. The van der Waals surface area contributed by atoms with Crippen molar-refractivity contribution in [2.45, 2.75) is 26.1 Å². The number of halogens is 1. The number of hydrogen-bond donors (Lipinski definition) is 0. The Kier molecular flexibility index (Phi) is 5.02. The molecule has 0 fully saturated rings. The number of aromatic nitrogens is 1. The van der Waals surface area contributed by atoms with Gasteiger partial charge in [0.15, 0.2) is 11.4 Å². The van der Waals surface area contributed by atoms with Gasteiger partial charge in [0.05, 0.1) is 0 Å². The Morgan fingerprint density at radius 2 is 1.81 bits per heavy atom. The van der Waals surface area contributed by atoms with Crippen molar-refractivity contribution in [3.63, 3.8) is 0 Å². The number of esters is 1. The second kappa shape index (κ2) is 7.39. The van der Waals surface area contributed by atoms with Gasteiger partial charge < -0.3 is 14.0 Å². The van der Waals surface area contributed by atoms with Gasteiger partial charge in [-0.3, -0.25) is 0 Å².